The molecule has 6 nitrogen and oxygen atoms in total. The molecule has 1 aromatic rings. The Labute approximate surface area is 111 Å². The molecule has 1 rings (SSSR count). The number of carboxylic acids is 1. The van der Waals surface area contributed by atoms with Crippen molar-refractivity contribution in [1.82, 2.24) is 10.2 Å². The zero-order valence-electron chi connectivity index (χ0n) is 11.0. The number of aliphatic carboxylic acids is 1. The molecule has 0 spiro atoms. The minimum Gasteiger partial charge on any atom is -0.508 e. The lowest BCUT2D eigenvalue weighted by molar-refractivity contribution is -0.141. The van der Waals surface area contributed by atoms with Crippen LogP contribution in [0.1, 0.15) is 5.56 Å². The van der Waals surface area contributed by atoms with Crippen LogP contribution in [0.2, 0.25) is 0 Å². The highest BCUT2D eigenvalue weighted by Gasteiger charge is 2.20. The molecule has 0 radical (unpaired) electrons. The van der Waals surface area contributed by atoms with Gasteiger partial charge < -0.3 is 20.4 Å². The summed E-state index contributed by atoms with van der Waals surface area (Å²) in [6, 6.07) is 5.25. The molecule has 0 saturated heterocycles. The fraction of sp³-hybridized carbons (Fsp3) is 0.385. The Morgan fingerprint density at radius 2 is 1.84 bits per heavy atom. The molecular weight excluding hydrogens is 248 g/mol. The Balaban J connectivity index is 2.65. The van der Waals surface area contributed by atoms with E-state index in [9.17, 15) is 9.59 Å². The molecule has 0 saturated carbocycles. The van der Waals surface area contributed by atoms with Gasteiger partial charge in [0.25, 0.3) is 0 Å². The van der Waals surface area contributed by atoms with E-state index in [0.29, 0.717) is 0 Å². The van der Waals surface area contributed by atoms with Crippen molar-refractivity contribution < 1.29 is 19.8 Å². The fourth-order valence-corrected chi connectivity index (χ4v) is 1.59. The van der Waals surface area contributed by atoms with Crippen molar-refractivity contribution in [2.24, 2.45) is 0 Å². The summed E-state index contributed by atoms with van der Waals surface area (Å²) >= 11 is 0. The van der Waals surface area contributed by atoms with Crippen LogP contribution >= 0.6 is 0 Å². The summed E-state index contributed by atoms with van der Waals surface area (Å²) in [6.45, 7) is 0.138. The third-order valence-electron chi connectivity index (χ3n) is 2.47. The average Bonchev–Trinajstić information content (AvgIpc) is 2.29. The summed E-state index contributed by atoms with van der Waals surface area (Å²) < 4.78 is 0. The fourth-order valence-electron chi connectivity index (χ4n) is 1.59. The smallest absolute Gasteiger partial charge is 0.326 e. The first-order valence-electron chi connectivity index (χ1n) is 5.83. The highest BCUT2D eigenvalue weighted by molar-refractivity contribution is 5.84. The van der Waals surface area contributed by atoms with Crippen molar-refractivity contribution in [3.8, 4) is 5.75 Å². The Morgan fingerprint density at radius 1 is 1.26 bits per heavy atom. The van der Waals surface area contributed by atoms with Crippen molar-refractivity contribution >= 4 is 11.9 Å². The van der Waals surface area contributed by atoms with E-state index >= 15 is 0 Å². The van der Waals surface area contributed by atoms with Gasteiger partial charge in [-0.05, 0) is 31.8 Å². The molecular formula is C13H18N2O4. The second kappa shape index (κ2) is 6.75. The number of rotatable bonds is 6. The summed E-state index contributed by atoms with van der Waals surface area (Å²) in [5.41, 5.74) is 0.732. The van der Waals surface area contributed by atoms with Crippen LogP contribution in [0.15, 0.2) is 24.3 Å². The molecule has 0 heterocycles. The lowest BCUT2D eigenvalue weighted by Gasteiger charge is -2.16. The number of nitrogens with one attached hydrogen (secondary N) is 1. The molecule has 1 amide bonds. The summed E-state index contributed by atoms with van der Waals surface area (Å²) in [7, 11) is 3.46. The number of phenolic OH excluding ortho intramolecular Hbond substituents is 1. The second-order valence-electron chi connectivity index (χ2n) is 4.57. The van der Waals surface area contributed by atoms with Crippen molar-refractivity contribution in [3.05, 3.63) is 29.8 Å². The van der Waals surface area contributed by atoms with E-state index in [1.165, 1.54) is 12.1 Å². The molecule has 104 valence electrons. The van der Waals surface area contributed by atoms with Gasteiger partial charge in [0.1, 0.15) is 11.8 Å². The Hall–Kier alpha value is -2.08. The summed E-state index contributed by atoms with van der Waals surface area (Å²) in [5.74, 6) is -1.30. The second-order valence-corrected chi connectivity index (χ2v) is 4.57. The molecule has 1 atom stereocenters. The van der Waals surface area contributed by atoms with E-state index in [1.54, 1.807) is 31.1 Å². The van der Waals surface area contributed by atoms with E-state index in [2.05, 4.69) is 5.32 Å². The molecule has 0 aliphatic heterocycles. The number of carboxylic acid groups (broad SMARTS) is 1. The average molecular weight is 266 g/mol. The molecule has 0 aromatic heterocycles. The molecule has 0 fully saturated rings. The monoisotopic (exact) mass is 266 g/mol. The molecule has 0 unspecified atom stereocenters. The lowest BCUT2D eigenvalue weighted by Crippen LogP contribution is -2.45. The maximum atomic E-state index is 11.6. The summed E-state index contributed by atoms with van der Waals surface area (Å²) in [6.07, 6.45) is 0.175. The van der Waals surface area contributed by atoms with Crippen LogP contribution in [0.4, 0.5) is 0 Å². The van der Waals surface area contributed by atoms with Gasteiger partial charge in [-0.1, -0.05) is 12.1 Å². The zero-order chi connectivity index (χ0) is 14.4. The number of benzene rings is 1. The number of phenols is 1. The van der Waals surface area contributed by atoms with Crippen LogP contribution in [0, 0.1) is 0 Å². The van der Waals surface area contributed by atoms with E-state index in [0.717, 1.165) is 5.56 Å². The summed E-state index contributed by atoms with van der Waals surface area (Å²) in [5, 5.41) is 20.7. The Kier molecular flexibility index (Phi) is 5.32. The van der Waals surface area contributed by atoms with Crippen molar-refractivity contribution in [3.63, 3.8) is 0 Å². The number of likely N-dealkylation sites (N-methyl/N-ethyl adjacent to an activating group) is 1. The highest BCUT2D eigenvalue weighted by Crippen LogP contribution is 2.11. The summed E-state index contributed by atoms with van der Waals surface area (Å²) in [4.78, 5) is 24.3. The number of hydrogen-bond acceptors (Lipinski definition) is 4. The van der Waals surface area contributed by atoms with Gasteiger partial charge in [-0.2, -0.15) is 0 Å². The van der Waals surface area contributed by atoms with Crippen LogP contribution in [-0.4, -0.2) is 53.7 Å². The number of hydrogen-bond donors (Lipinski definition) is 3. The number of amides is 1. The van der Waals surface area contributed by atoms with Crippen LogP contribution in [0.3, 0.4) is 0 Å². The van der Waals surface area contributed by atoms with E-state index in [-0.39, 0.29) is 24.6 Å². The van der Waals surface area contributed by atoms with Crippen LogP contribution in [0.5, 0.6) is 5.75 Å². The molecule has 0 aliphatic carbocycles. The molecule has 3 N–H and O–H groups in total. The van der Waals surface area contributed by atoms with Gasteiger partial charge in [0.2, 0.25) is 5.91 Å². The maximum Gasteiger partial charge on any atom is 0.326 e. The predicted molar refractivity (Wildman–Crippen MR) is 69.9 cm³/mol. The van der Waals surface area contributed by atoms with Gasteiger partial charge in [-0.15, -0.1) is 0 Å². The van der Waals surface area contributed by atoms with Crippen molar-refractivity contribution in [1.29, 1.82) is 0 Å². The van der Waals surface area contributed by atoms with Crippen LogP contribution in [0.25, 0.3) is 0 Å². The number of nitrogens with zero attached hydrogens (tertiary/aromatic N) is 1. The first-order valence-corrected chi connectivity index (χ1v) is 5.83. The zero-order valence-corrected chi connectivity index (χ0v) is 11.0. The van der Waals surface area contributed by atoms with Gasteiger partial charge in [-0.3, -0.25) is 4.79 Å². The van der Waals surface area contributed by atoms with Gasteiger partial charge in [0.15, 0.2) is 0 Å². The van der Waals surface area contributed by atoms with Gasteiger partial charge >= 0.3 is 5.97 Å². The first-order chi connectivity index (χ1) is 8.88. The van der Waals surface area contributed by atoms with Crippen molar-refractivity contribution in [2.45, 2.75) is 12.5 Å². The molecule has 6 heteroatoms. The van der Waals surface area contributed by atoms with E-state index in [4.69, 9.17) is 10.2 Å². The van der Waals surface area contributed by atoms with Crippen LogP contribution in [-0.2, 0) is 16.0 Å². The molecule has 1 aromatic carbocycles. The minimum absolute atomic E-state index is 0.118. The lowest BCUT2D eigenvalue weighted by atomic mass is 10.1. The molecule has 19 heavy (non-hydrogen) atoms. The largest absolute Gasteiger partial charge is 0.508 e. The van der Waals surface area contributed by atoms with Gasteiger partial charge in [0, 0.05) is 6.42 Å². The predicted octanol–water partition coefficient (Wildman–Crippen LogP) is 0.0657. The third kappa shape index (κ3) is 5.39. The SMILES string of the molecule is CN(C)CC(=O)N[C@@H](Cc1ccc(O)cc1)C(=O)O. The highest BCUT2D eigenvalue weighted by atomic mass is 16.4. The molecule has 0 aliphatic rings. The number of carbonyl (C=O) groups is 2. The standard InChI is InChI=1S/C13H18N2O4/c1-15(2)8-12(17)14-11(13(18)19)7-9-3-5-10(16)6-4-9/h3-6,11,16H,7-8H2,1-2H3,(H,14,17)(H,18,19)/t11-/m0/s1. The van der Waals surface area contributed by atoms with Crippen LogP contribution < -0.4 is 5.32 Å². The third-order valence-corrected chi connectivity index (χ3v) is 2.47. The quantitative estimate of drug-likeness (QED) is 0.677. The Bertz CT molecular complexity index is 442. The minimum atomic E-state index is -1.08. The maximum absolute atomic E-state index is 11.6. The normalized spacial score (nSPS) is 12.2. The number of carbonyl (C=O) groups excluding carboxylic acids is 1. The van der Waals surface area contributed by atoms with Crippen molar-refractivity contribution in [2.75, 3.05) is 20.6 Å². The molecule has 0 bridgehead atoms. The number of aromatic hydroxyl groups is 1. The first kappa shape index (κ1) is 15.0. The Morgan fingerprint density at radius 3 is 2.32 bits per heavy atom. The van der Waals surface area contributed by atoms with Gasteiger partial charge in [-0.25, -0.2) is 4.79 Å². The topological polar surface area (TPSA) is 89.9 Å². The van der Waals surface area contributed by atoms with E-state index < -0.39 is 12.0 Å². The van der Waals surface area contributed by atoms with E-state index in [1.807, 2.05) is 0 Å². The van der Waals surface area contributed by atoms with Gasteiger partial charge in [0.05, 0.1) is 6.54 Å².